The third-order valence-electron chi connectivity index (χ3n) is 5.30. The molecule has 3 N–H and O–H groups in total. The fraction of sp³-hybridized carbons (Fsp3) is 0.296. The molecule has 0 fully saturated rings. The van der Waals surface area contributed by atoms with Crippen LogP contribution in [0.3, 0.4) is 0 Å². The SMILES string of the molecule is CC(C)C[C@H](NC(=O)[C@H](Cc1ccc(O)cc1)NC(=O)OCc1ccccc1)C(=O)c1ccco1. The molecule has 0 spiro atoms. The summed E-state index contributed by atoms with van der Waals surface area (Å²) in [4.78, 5) is 38.7. The van der Waals surface area contributed by atoms with Crippen molar-refractivity contribution in [2.45, 2.75) is 45.4 Å². The molecular weight excluding hydrogens is 448 g/mol. The number of ether oxygens (including phenoxy) is 1. The van der Waals surface area contributed by atoms with Crippen LogP contribution in [0.1, 0.15) is 41.9 Å². The van der Waals surface area contributed by atoms with Crippen LogP contribution in [0.15, 0.2) is 77.4 Å². The number of hydrogen-bond donors (Lipinski definition) is 3. The van der Waals surface area contributed by atoms with Crippen molar-refractivity contribution in [1.82, 2.24) is 10.6 Å². The van der Waals surface area contributed by atoms with E-state index in [-0.39, 0.29) is 36.2 Å². The number of furan rings is 1. The van der Waals surface area contributed by atoms with Crippen molar-refractivity contribution >= 4 is 17.8 Å². The van der Waals surface area contributed by atoms with E-state index < -0.39 is 24.1 Å². The summed E-state index contributed by atoms with van der Waals surface area (Å²) < 4.78 is 10.5. The number of rotatable bonds is 11. The van der Waals surface area contributed by atoms with Crippen LogP contribution in [-0.4, -0.2) is 35.0 Å². The highest BCUT2D eigenvalue weighted by Crippen LogP contribution is 2.15. The summed E-state index contributed by atoms with van der Waals surface area (Å²) in [7, 11) is 0. The molecule has 0 aliphatic carbocycles. The number of phenols is 1. The fourth-order valence-electron chi connectivity index (χ4n) is 3.55. The summed E-state index contributed by atoms with van der Waals surface area (Å²) in [5.41, 5.74) is 1.52. The molecule has 0 radical (unpaired) electrons. The van der Waals surface area contributed by atoms with Gasteiger partial charge in [-0.2, -0.15) is 0 Å². The van der Waals surface area contributed by atoms with Crippen molar-refractivity contribution in [3.8, 4) is 5.75 Å². The second kappa shape index (κ2) is 12.4. The van der Waals surface area contributed by atoms with Crippen LogP contribution < -0.4 is 10.6 Å². The molecule has 3 rings (SSSR count). The molecule has 3 aromatic rings. The number of Topliss-reactive ketones (excluding diaryl/α,β-unsaturated/α-hetero) is 1. The molecule has 2 amide bonds. The van der Waals surface area contributed by atoms with Crippen LogP contribution in [-0.2, 0) is 22.6 Å². The summed E-state index contributed by atoms with van der Waals surface area (Å²) >= 11 is 0. The lowest BCUT2D eigenvalue weighted by molar-refractivity contribution is -0.123. The Bertz CT molecular complexity index is 1090. The normalized spacial score (nSPS) is 12.5. The molecule has 35 heavy (non-hydrogen) atoms. The maximum Gasteiger partial charge on any atom is 0.408 e. The molecule has 0 aliphatic heterocycles. The smallest absolute Gasteiger partial charge is 0.408 e. The zero-order chi connectivity index (χ0) is 25.2. The molecule has 184 valence electrons. The van der Waals surface area contributed by atoms with Crippen LogP contribution in [0.2, 0.25) is 0 Å². The molecule has 8 nitrogen and oxygen atoms in total. The number of ketones is 1. The van der Waals surface area contributed by atoms with Gasteiger partial charge < -0.3 is 24.9 Å². The van der Waals surface area contributed by atoms with Crippen LogP contribution in [0.4, 0.5) is 4.79 Å². The molecular formula is C27H30N2O6. The van der Waals surface area contributed by atoms with Crippen LogP contribution in [0.5, 0.6) is 5.75 Å². The van der Waals surface area contributed by atoms with E-state index in [1.807, 2.05) is 44.2 Å². The second-order valence-electron chi connectivity index (χ2n) is 8.66. The molecule has 0 unspecified atom stereocenters. The van der Waals surface area contributed by atoms with Gasteiger partial charge in [0.05, 0.1) is 12.3 Å². The topological polar surface area (TPSA) is 118 Å². The number of benzene rings is 2. The summed E-state index contributed by atoms with van der Waals surface area (Å²) in [6, 6.07) is 16.8. The van der Waals surface area contributed by atoms with Gasteiger partial charge >= 0.3 is 6.09 Å². The van der Waals surface area contributed by atoms with Gasteiger partial charge in [-0.3, -0.25) is 9.59 Å². The van der Waals surface area contributed by atoms with Crippen molar-refractivity contribution in [3.63, 3.8) is 0 Å². The van der Waals surface area contributed by atoms with Gasteiger partial charge in [0.15, 0.2) is 5.76 Å². The molecule has 0 aliphatic rings. The molecule has 1 aromatic heterocycles. The second-order valence-corrected chi connectivity index (χ2v) is 8.66. The first kappa shape index (κ1) is 25.6. The molecule has 8 heteroatoms. The van der Waals surface area contributed by atoms with Gasteiger partial charge in [0.25, 0.3) is 0 Å². The van der Waals surface area contributed by atoms with E-state index in [4.69, 9.17) is 9.15 Å². The highest BCUT2D eigenvalue weighted by Gasteiger charge is 2.29. The van der Waals surface area contributed by atoms with Crippen molar-refractivity contribution in [1.29, 1.82) is 0 Å². The first-order valence-corrected chi connectivity index (χ1v) is 11.4. The van der Waals surface area contributed by atoms with E-state index in [1.54, 1.807) is 24.3 Å². The summed E-state index contributed by atoms with van der Waals surface area (Å²) in [5.74, 6) is -0.502. The van der Waals surface area contributed by atoms with E-state index in [2.05, 4.69) is 10.6 Å². The molecule has 0 saturated carbocycles. The van der Waals surface area contributed by atoms with Gasteiger partial charge in [-0.05, 0) is 47.7 Å². The highest BCUT2D eigenvalue weighted by molar-refractivity contribution is 6.00. The number of aromatic hydroxyl groups is 1. The lowest BCUT2D eigenvalue weighted by atomic mass is 9.98. The van der Waals surface area contributed by atoms with Crippen molar-refractivity contribution < 1.29 is 28.6 Å². The van der Waals surface area contributed by atoms with E-state index >= 15 is 0 Å². The largest absolute Gasteiger partial charge is 0.508 e. The van der Waals surface area contributed by atoms with Gasteiger partial charge in [-0.25, -0.2) is 4.79 Å². The third-order valence-corrected chi connectivity index (χ3v) is 5.30. The van der Waals surface area contributed by atoms with E-state index in [1.165, 1.54) is 18.4 Å². The van der Waals surface area contributed by atoms with Gasteiger partial charge in [-0.15, -0.1) is 0 Å². The number of amides is 2. The zero-order valence-corrected chi connectivity index (χ0v) is 19.8. The Balaban J connectivity index is 1.73. The highest BCUT2D eigenvalue weighted by atomic mass is 16.5. The molecule has 0 bridgehead atoms. The number of carbonyl (C=O) groups is 3. The first-order chi connectivity index (χ1) is 16.8. The number of carbonyl (C=O) groups excluding carboxylic acids is 3. The first-order valence-electron chi connectivity index (χ1n) is 11.4. The number of nitrogens with one attached hydrogen (secondary N) is 2. The number of hydrogen-bond acceptors (Lipinski definition) is 6. The Morgan fingerprint density at radius 1 is 0.886 bits per heavy atom. The summed E-state index contributed by atoms with van der Waals surface area (Å²) in [5, 5.41) is 15.0. The monoisotopic (exact) mass is 478 g/mol. The van der Waals surface area contributed by atoms with E-state index in [0.717, 1.165) is 5.56 Å². The average molecular weight is 479 g/mol. The lowest BCUT2D eigenvalue weighted by Crippen LogP contribution is -2.52. The van der Waals surface area contributed by atoms with Gasteiger partial charge in [0.1, 0.15) is 18.4 Å². The molecule has 1 heterocycles. The van der Waals surface area contributed by atoms with Crippen molar-refractivity contribution in [3.05, 3.63) is 89.9 Å². The predicted octanol–water partition coefficient (Wildman–Crippen LogP) is 4.24. The minimum absolute atomic E-state index is 0.0488. The Labute approximate surface area is 204 Å². The lowest BCUT2D eigenvalue weighted by Gasteiger charge is -2.23. The Hall–Kier alpha value is -4.07. The maximum atomic E-state index is 13.3. The van der Waals surface area contributed by atoms with Gasteiger partial charge in [-0.1, -0.05) is 56.3 Å². The Kier molecular flexibility index (Phi) is 9.06. The maximum absolute atomic E-state index is 13.3. The van der Waals surface area contributed by atoms with Crippen molar-refractivity contribution in [2.75, 3.05) is 0 Å². The molecule has 2 atom stereocenters. The van der Waals surface area contributed by atoms with Crippen LogP contribution >= 0.6 is 0 Å². The van der Waals surface area contributed by atoms with E-state index in [9.17, 15) is 19.5 Å². The standard InChI is InChI=1S/C27H30N2O6/c1-18(2)15-22(25(31)24-9-6-14-34-24)28-26(32)23(16-19-10-12-21(30)13-11-19)29-27(33)35-17-20-7-4-3-5-8-20/h3-14,18,22-23,30H,15-17H2,1-2H3,(H,28,32)(H,29,33)/t22-,23-/m0/s1. The van der Waals surface area contributed by atoms with Gasteiger partial charge in [0, 0.05) is 6.42 Å². The minimum Gasteiger partial charge on any atom is -0.508 e. The third kappa shape index (κ3) is 8.03. The summed E-state index contributed by atoms with van der Waals surface area (Å²) in [6.45, 7) is 3.94. The Morgan fingerprint density at radius 2 is 1.60 bits per heavy atom. The predicted molar refractivity (Wildman–Crippen MR) is 130 cm³/mol. The molecule has 2 aromatic carbocycles. The van der Waals surface area contributed by atoms with Gasteiger partial charge in [0.2, 0.25) is 11.7 Å². The minimum atomic E-state index is -1.01. The zero-order valence-electron chi connectivity index (χ0n) is 19.8. The fourth-order valence-corrected chi connectivity index (χ4v) is 3.55. The summed E-state index contributed by atoms with van der Waals surface area (Å²) in [6.07, 6.45) is 1.18. The number of alkyl carbamates (subject to hydrolysis) is 1. The Morgan fingerprint density at radius 3 is 2.23 bits per heavy atom. The van der Waals surface area contributed by atoms with E-state index in [0.29, 0.717) is 12.0 Å². The molecule has 0 saturated heterocycles. The average Bonchev–Trinajstić information content (AvgIpc) is 3.38. The number of phenolic OH excluding ortho intramolecular Hbond substituents is 1. The van der Waals surface area contributed by atoms with Crippen molar-refractivity contribution in [2.24, 2.45) is 5.92 Å². The quantitative estimate of drug-likeness (QED) is 0.355. The van der Waals surface area contributed by atoms with Crippen LogP contribution in [0.25, 0.3) is 0 Å². The van der Waals surface area contributed by atoms with Crippen LogP contribution in [0, 0.1) is 5.92 Å².